The Morgan fingerprint density at radius 2 is 1.73 bits per heavy atom. The number of carbonyl (C=O) groups is 2. The first-order chi connectivity index (χ1) is 14.5. The van der Waals surface area contributed by atoms with E-state index < -0.39 is 11.0 Å². The van der Waals surface area contributed by atoms with Crippen LogP contribution in [0.5, 0.6) is 11.5 Å². The van der Waals surface area contributed by atoms with Crippen molar-refractivity contribution in [3.05, 3.63) is 94.0 Å². The summed E-state index contributed by atoms with van der Waals surface area (Å²) in [5.41, 5.74) is 0.965. The first-order valence-electron chi connectivity index (χ1n) is 9.13. The maximum atomic E-state index is 12.6. The highest BCUT2D eigenvalue weighted by Crippen LogP contribution is 2.33. The van der Waals surface area contributed by atoms with Crippen molar-refractivity contribution in [1.82, 2.24) is 0 Å². The van der Waals surface area contributed by atoms with Gasteiger partial charge in [-0.2, -0.15) is 0 Å². The van der Waals surface area contributed by atoms with Gasteiger partial charge in [0, 0.05) is 22.9 Å². The number of nitro groups is 1. The fraction of sp³-hybridized carbons (Fsp3) is 0.0909. The van der Waals surface area contributed by atoms with Gasteiger partial charge < -0.3 is 9.47 Å². The first-order valence-corrected chi connectivity index (χ1v) is 9.13. The van der Waals surface area contributed by atoms with Crippen molar-refractivity contribution >= 4 is 23.3 Å². The SMILES string of the molecule is O=C(c1ccccc1)c1ccc(Oc2ccc(N3CCOC3=O)cc2)c([N+](=O)[O-])c1. The Labute approximate surface area is 171 Å². The lowest BCUT2D eigenvalue weighted by Crippen LogP contribution is -2.22. The maximum absolute atomic E-state index is 12.6. The quantitative estimate of drug-likeness (QED) is 0.339. The number of hydrogen-bond acceptors (Lipinski definition) is 6. The minimum Gasteiger partial charge on any atom is -0.450 e. The van der Waals surface area contributed by atoms with E-state index in [0.29, 0.717) is 30.2 Å². The molecule has 0 saturated carbocycles. The summed E-state index contributed by atoms with van der Waals surface area (Å²) in [6, 6.07) is 19.2. The predicted octanol–water partition coefficient (Wildman–Crippen LogP) is 4.57. The number of anilines is 1. The van der Waals surface area contributed by atoms with E-state index in [1.54, 1.807) is 54.6 Å². The average Bonchev–Trinajstić information content (AvgIpc) is 3.20. The Kier molecular flexibility index (Phi) is 5.13. The highest BCUT2D eigenvalue weighted by Gasteiger charge is 2.24. The summed E-state index contributed by atoms with van der Waals surface area (Å²) in [7, 11) is 0. The lowest BCUT2D eigenvalue weighted by Gasteiger charge is -2.13. The van der Waals surface area contributed by atoms with Gasteiger partial charge in [-0.15, -0.1) is 0 Å². The topological polar surface area (TPSA) is 99.0 Å². The van der Waals surface area contributed by atoms with E-state index in [9.17, 15) is 19.7 Å². The van der Waals surface area contributed by atoms with Crippen LogP contribution in [0.3, 0.4) is 0 Å². The number of carbonyl (C=O) groups excluding carboxylic acids is 2. The van der Waals surface area contributed by atoms with Crippen LogP contribution in [0, 0.1) is 10.1 Å². The highest BCUT2D eigenvalue weighted by molar-refractivity contribution is 6.09. The van der Waals surface area contributed by atoms with Gasteiger partial charge in [0.2, 0.25) is 5.75 Å². The van der Waals surface area contributed by atoms with Gasteiger partial charge in [0.05, 0.1) is 11.5 Å². The van der Waals surface area contributed by atoms with Gasteiger partial charge in [-0.3, -0.25) is 19.8 Å². The van der Waals surface area contributed by atoms with Crippen LogP contribution in [0.15, 0.2) is 72.8 Å². The molecule has 1 aliphatic rings. The molecule has 0 aliphatic carbocycles. The summed E-state index contributed by atoms with van der Waals surface area (Å²) < 4.78 is 10.6. The molecule has 0 aromatic heterocycles. The number of benzene rings is 3. The molecular weight excluding hydrogens is 388 g/mol. The van der Waals surface area contributed by atoms with Gasteiger partial charge in [0.15, 0.2) is 5.78 Å². The molecular formula is C22H16N2O6. The van der Waals surface area contributed by atoms with Gasteiger partial charge in [0.25, 0.3) is 0 Å². The smallest absolute Gasteiger partial charge is 0.414 e. The number of rotatable bonds is 6. The van der Waals surface area contributed by atoms with Gasteiger partial charge in [0.1, 0.15) is 12.4 Å². The molecule has 8 nitrogen and oxygen atoms in total. The summed E-state index contributed by atoms with van der Waals surface area (Å²) in [5.74, 6) is 0.0570. The zero-order valence-electron chi connectivity index (χ0n) is 15.7. The largest absolute Gasteiger partial charge is 0.450 e. The highest BCUT2D eigenvalue weighted by atomic mass is 16.6. The molecule has 3 aromatic rings. The molecule has 0 N–H and O–H groups in total. The normalized spacial score (nSPS) is 13.1. The van der Waals surface area contributed by atoms with E-state index in [0.717, 1.165) is 0 Å². The number of ether oxygens (including phenoxy) is 2. The van der Waals surface area contributed by atoms with Crippen molar-refractivity contribution in [1.29, 1.82) is 0 Å². The molecule has 8 heteroatoms. The van der Waals surface area contributed by atoms with Crippen molar-refractivity contribution in [3.8, 4) is 11.5 Å². The second-order valence-electron chi connectivity index (χ2n) is 6.50. The minimum absolute atomic E-state index is 0.0120. The van der Waals surface area contributed by atoms with Crippen molar-refractivity contribution in [3.63, 3.8) is 0 Å². The molecule has 30 heavy (non-hydrogen) atoms. The van der Waals surface area contributed by atoms with Crippen LogP contribution in [-0.2, 0) is 4.74 Å². The van der Waals surface area contributed by atoms with Crippen LogP contribution < -0.4 is 9.64 Å². The third-order valence-electron chi connectivity index (χ3n) is 4.59. The molecule has 1 amide bonds. The van der Waals surface area contributed by atoms with Gasteiger partial charge in [-0.05, 0) is 36.4 Å². The molecule has 0 atom stereocenters. The number of nitro benzene ring substituents is 1. The van der Waals surface area contributed by atoms with E-state index in [-0.39, 0.29) is 22.8 Å². The van der Waals surface area contributed by atoms with Crippen LogP contribution in [0.1, 0.15) is 15.9 Å². The zero-order chi connectivity index (χ0) is 21.1. The Hall–Kier alpha value is -4.20. The van der Waals surface area contributed by atoms with Crippen LogP contribution in [-0.4, -0.2) is 30.0 Å². The summed E-state index contributed by atoms with van der Waals surface area (Å²) in [6.45, 7) is 0.790. The van der Waals surface area contributed by atoms with E-state index >= 15 is 0 Å². The monoisotopic (exact) mass is 404 g/mol. The third-order valence-corrected chi connectivity index (χ3v) is 4.59. The first kappa shape index (κ1) is 19.1. The molecule has 3 aromatic carbocycles. The maximum Gasteiger partial charge on any atom is 0.414 e. The van der Waals surface area contributed by atoms with Crippen LogP contribution in [0.25, 0.3) is 0 Å². The van der Waals surface area contributed by atoms with Crippen molar-refractivity contribution < 1.29 is 24.0 Å². The van der Waals surface area contributed by atoms with Crippen LogP contribution in [0.2, 0.25) is 0 Å². The van der Waals surface area contributed by atoms with E-state index in [1.165, 1.54) is 23.1 Å². The summed E-state index contributed by atoms with van der Waals surface area (Å²) >= 11 is 0. The molecule has 1 aliphatic heterocycles. The lowest BCUT2D eigenvalue weighted by molar-refractivity contribution is -0.385. The van der Waals surface area contributed by atoms with Crippen molar-refractivity contribution in [2.75, 3.05) is 18.1 Å². The molecule has 0 bridgehead atoms. The predicted molar refractivity (Wildman–Crippen MR) is 108 cm³/mol. The Balaban J connectivity index is 1.57. The fourth-order valence-corrected chi connectivity index (χ4v) is 3.09. The Bertz CT molecular complexity index is 1110. The van der Waals surface area contributed by atoms with Crippen molar-refractivity contribution in [2.45, 2.75) is 0 Å². The lowest BCUT2D eigenvalue weighted by atomic mass is 10.0. The Morgan fingerprint density at radius 1 is 1.00 bits per heavy atom. The molecule has 1 heterocycles. The van der Waals surface area contributed by atoms with Gasteiger partial charge in [-0.1, -0.05) is 30.3 Å². The summed E-state index contributed by atoms with van der Waals surface area (Å²) in [6.07, 6.45) is -0.419. The van der Waals surface area contributed by atoms with E-state index in [1.807, 2.05) is 0 Å². The van der Waals surface area contributed by atoms with Gasteiger partial charge in [-0.25, -0.2) is 4.79 Å². The third kappa shape index (κ3) is 3.83. The molecule has 0 unspecified atom stereocenters. The number of nitrogens with zero attached hydrogens (tertiary/aromatic N) is 2. The molecule has 4 rings (SSSR count). The second-order valence-corrected chi connectivity index (χ2v) is 6.50. The van der Waals surface area contributed by atoms with E-state index in [4.69, 9.17) is 9.47 Å². The molecule has 0 spiro atoms. The average molecular weight is 404 g/mol. The van der Waals surface area contributed by atoms with Crippen molar-refractivity contribution in [2.24, 2.45) is 0 Å². The second kappa shape index (κ2) is 8.04. The standard InChI is InChI=1S/C22H16N2O6/c25-21(15-4-2-1-3-5-15)16-6-11-20(19(14-16)24(27)28)30-18-9-7-17(8-10-18)23-12-13-29-22(23)26/h1-11,14H,12-13H2. The Morgan fingerprint density at radius 3 is 2.37 bits per heavy atom. The summed E-state index contributed by atoms with van der Waals surface area (Å²) in [5, 5.41) is 11.5. The van der Waals surface area contributed by atoms with Crippen LogP contribution >= 0.6 is 0 Å². The van der Waals surface area contributed by atoms with Crippen LogP contribution in [0.4, 0.5) is 16.2 Å². The molecule has 1 fully saturated rings. The summed E-state index contributed by atoms with van der Waals surface area (Å²) in [4.78, 5) is 36.6. The molecule has 1 saturated heterocycles. The molecule has 150 valence electrons. The number of ketones is 1. The number of amides is 1. The fourth-order valence-electron chi connectivity index (χ4n) is 3.09. The zero-order valence-corrected chi connectivity index (χ0v) is 15.7. The molecule has 0 radical (unpaired) electrons. The van der Waals surface area contributed by atoms with Gasteiger partial charge >= 0.3 is 11.8 Å². The van der Waals surface area contributed by atoms with E-state index in [2.05, 4.69) is 0 Å². The number of cyclic esters (lactones) is 1. The minimum atomic E-state index is -0.592. The number of hydrogen-bond donors (Lipinski definition) is 0.